The van der Waals surface area contributed by atoms with Crippen LogP contribution in [0.25, 0.3) is 0 Å². The van der Waals surface area contributed by atoms with Crippen molar-refractivity contribution in [2.45, 2.75) is 24.0 Å². The fraction of sp³-hybridized carbons (Fsp3) is 0.269. The molecule has 3 N–H and O–H groups in total. The third-order valence-corrected chi connectivity index (χ3v) is 9.23. The zero-order chi connectivity index (χ0) is 29.2. The lowest BCUT2D eigenvalue weighted by Crippen LogP contribution is -2.34. The van der Waals surface area contributed by atoms with Gasteiger partial charge in [-0.2, -0.15) is 0 Å². The number of ether oxygens (including phenoxy) is 1. The van der Waals surface area contributed by atoms with Crippen molar-refractivity contribution < 1.29 is 40.3 Å². The molecule has 0 heterocycles. The van der Waals surface area contributed by atoms with E-state index >= 15 is 13.2 Å². The molecule has 0 atom stereocenters. The third-order valence-electron chi connectivity index (χ3n) is 6.40. The number of hydroxylamine groups is 1. The molecular formula is C26H24F4IN3O5S. The highest BCUT2D eigenvalue weighted by molar-refractivity contribution is 14.1. The number of halogens is 5. The Kier molecular flexibility index (Phi) is 8.92. The van der Waals surface area contributed by atoms with E-state index in [1.54, 1.807) is 0 Å². The molecule has 3 aromatic rings. The number of amides is 1. The van der Waals surface area contributed by atoms with Crippen LogP contribution in [0.15, 0.2) is 42.5 Å². The van der Waals surface area contributed by atoms with Crippen LogP contribution >= 0.6 is 22.6 Å². The van der Waals surface area contributed by atoms with Crippen LogP contribution in [0.4, 0.5) is 34.6 Å². The maximum absolute atomic E-state index is 15.4. The number of carbonyl (C=O) groups is 1. The molecule has 1 amide bonds. The Bertz CT molecular complexity index is 1570. The van der Waals surface area contributed by atoms with Gasteiger partial charge in [0.2, 0.25) is 10.0 Å². The highest BCUT2D eigenvalue weighted by Gasteiger charge is 2.55. The van der Waals surface area contributed by atoms with Gasteiger partial charge in [-0.25, -0.2) is 31.5 Å². The normalized spacial score (nSPS) is 14.1. The number of nitrogens with one attached hydrogen (secondary N) is 3. The average molecular weight is 693 g/mol. The first kappa shape index (κ1) is 30.0. The van der Waals surface area contributed by atoms with Crippen molar-refractivity contribution in [3.05, 3.63) is 86.0 Å². The van der Waals surface area contributed by atoms with Gasteiger partial charge in [0.05, 0.1) is 36.3 Å². The zero-order valence-corrected chi connectivity index (χ0v) is 24.2. The van der Waals surface area contributed by atoms with E-state index in [2.05, 4.69) is 14.9 Å². The summed E-state index contributed by atoms with van der Waals surface area (Å²) in [5.74, 6) is -5.67. The van der Waals surface area contributed by atoms with E-state index in [0.717, 1.165) is 19.2 Å². The molecule has 0 radical (unpaired) electrons. The lowest BCUT2D eigenvalue weighted by molar-refractivity contribution is 0.0538. The molecule has 14 heteroatoms. The molecule has 8 nitrogen and oxygen atoms in total. The van der Waals surface area contributed by atoms with Crippen molar-refractivity contribution in [1.29, 1.82) is 0 Å². The van der Waals surface area contributed by atoms with Gasteiger partial charge in [-0.1, -0.05) is 12.1 Å². The second-order valence-electron chi connectivity index (χ2n) is 9.15. The average Bonchev–Trinajstić information content (AvgIpc) is 3.69. The summed E-state index contributed by atoms with van der Waals surface area (Å²) in [5.41, 5.74) is -0.271. The summed E-state index contributed by atoms with van der Waals surface area (Å²) in [7, 11) is -1.52. The molecule has 0 aromatic heterocycles. The predicted molar refractivity (Wildman–Crippen MR) is 149 cm³/mol. The second kappa shape index (κ2) is 11.9. The van der Waals surface area contributed by atoms with Crippen LogP contribution in [0.1, 0.15) is 34.3 Å². The second-order valence-corrected chi connectivity index (χ2v) is 12.5. The van der Waals surface area contributed by atoms with Crippen LogP contribution in [0.3, 0.4) is 0 Å². The number of methoxy groups -OCH3 is 1. The first-order valence-corrected chi connectivity index (χ1v) is 14.3. The zero-order valence-electron chi connectivity index (χ0n) is 21.2. The molecule has 40 heavy (non-hydrogen) atoms. The number of anilines is 3. The predicted octanol–water partition coefficient (Wildman–Crippen LogP) is 5.39. The summed E-state index contributed by atoms with van der Waals surface area (Å²) in [4.78, 5) is 17.3. The first-order valence-electron chi connectivity index (χ1n) is 11.8. The Hall–Kier alpha value is -2.95. The molecule has 1 fully saturated rings. The van der Waals surface area contributed by atoms with Crippen molar-refractivity contribution >= 4 is 55.6 Å². The monoisotopic (exact) mass is 693 g/mol. The van der Waals surface area contributed by atoms with Gasteiger partial charge in [0.25, 0.3) is 5.91 Å². The summed E-state index contributed by atoms with van der Waals surface area (Å²) in [6.07, 6.45) is 0.153. The largest absolute Gasteiger partial charge is 0.383 e. The molecule has 0 bridgehead atoms. The Morgan fingerprint density at radius 3 is 2.33 bits per heavy atom. The van der Waals surface area contributed by atoms with Gasteiger partial charge in [0.15, 0.2) is 17.5 Å². The Morgan fingerprint density at radius 2 is 1.70 bits per heavy atom. The summed E-state index contributed by atoms with van der Waals surface area (Å²) < 4.78 is 92.8. The standard InChI is InChI=1S/C26H24F4IN3O5S/c1-38-13-26(8-9-26)40(36,37)34-20-5-3-4-14(21(20)28)10-15-11-17(25(35)33-39-2)24(23(30)22(15)29)32-19-7-6-16(31)12-18(19)27/h3-7,11-12,32,34H,8-10,13H2,1-2H3,(H,33,35). The SMILES string of the molecule is COCC1(S(=O)(=O)Nc2cccc(Cc3cc(C(=O)NOC)c(Nc4ccc(I)cc4F)c(F)c3F)c2F)CC1. The number of hydrogen-bond donors (Lipinski definition) is 3. The van der Waals surface area contributed by atoms with Crippen molar-refractivity contribution in [3.63, 3.8) is 0 Å². The van der Waals surface area contributed by atoms with E-state index in [0.29, 0.717) is 16.4 Å². The molecule has 0 aliphatic heterocycles. The number of sulfonamides is 1. The topological polar surface area (TPSA) is 106 Å². The molecule has 1 aliphatic carbocycles. The number of rotatable bonds is 11. The minimum Gasteiger partial charge on any atom is -0.383 e. The molecule has 214 valence electrons. The smallest absolute Gasteiger partial charge is 0.277 e. The van der Waals surface area contributed by atoms with E-state index in [1.807, 2.05) is 28.1 Å². The van der Waals surface area contributed by atoms with E-state index in [4.69, 9.17) is 4.74 Å². The fourth-order valence-electron chi connectivity index (χ4n) is 4.13. The van der Waals surface area contributed by atoms with Crippen molar-refractivity contribution in [2.75, 3.05) is 30.9 Å². The molecule has 0 spiro atoms. The molecule has 1 aliphatic rings. The maximum Gasteiger partial charge on any atom is 0.277 e. The molecule has 0 unspecified atom stereocenters. The summed E-state index contributed by atoms with van der Waals surface area (Å²) in [6, 6.07) is 8.78. The minimum absolute atomic E-state index is 0.0626. The van der Waals surface area contributed by atoms with Crippen LogP contribution < -0.4 is 15.5 Å². The number of carbonyl (C=O) groups excluding carboxylic acids is 1. The maximum atomic E-state index is 15.4. The summed E-state index contributed by atoms with van der Waals surface area (Å²) in [6.45, 7) is -0.0626. The van der Waals surface area contributed by atoms with Gasteiger partial charge < -0.3 is 10.1 Å². The van der Waals surface area contributed by atoms with Gasteiger partial charge in [-0.05, 0) is 76.9 Å². The van der Waals surface area contributed by atoms with Crippen LogP contribution in [0.2, 0.25) is 0 Å². The Labute approximate surface area is 241 Å². The number of benzene rings is 3. The first-order chi connectivity index (χ1) is 18.9. The Morgan fingerprint density at radius 1 is 0.975 bits per heavy atom. The van der Waals surface area contributed by atoms with E-state index in [9.17, 15) is 17.6 Å². The summed E-state index contributed by atoms with van der Waals surface area (Å²) in [5, 5.41) is 2.41. The van der Waals surface area contributed by atoms with Crippen LogP contribution in [0.5, 0.6) is 0 Å². The third kappa shape index (κ3) is 6.04. The van der Waals surface area contributed by atoms with Gasteiger partial charge >= 0.3 is 0 Å². The van der Waals surface area contributed by atoms with Crippen molar-refractivity contribution in [2.24, 2.45) is 0 Å². The molecule has 1 saturated carbocycles. The van der Waals surface area contributed by atoms with E-state index in [1.165, 1.54) is 37.4 Å². The minimum atomic E-state index is -4.01. The molecule has 4 rings (SSSR count). The Balaban J connectivity index is 1.71. The van der Waals surface area contributed by atoms with E-state index in [-0.39, 0.29) is 23.5 Å². The van der Waals surface area contributed by atoms with Gasteiger partial charge in [-0.3, -0.25) is 14.4 Å². The van der Waals surface area contributed by atoms with E-state index < -0.39 is 67.2 Å². The van der Waals surface area contributed by atoms with Crippen LogP contribution in [0, 0.1) is 26.8 Å². The fourth-order valence-corrected chi connectivity index (χ4v) is 6.16. The van der Waals surface area contributed by atoms with Gasteiger partial charge in [0, 0.05) is 17.1 Å². The highest BCUT2D eigenvalue weighted by atomic mass is 127. The summed E-state index contributed by atoms with van der Waals surface area (Å²) >= 11 is 1.87. The van der Waals surface area contributed by atoms with Gasteiger partial charge in [-0.15, -0.1) is 0 Å². The highest BCUT2D eigenvalue weighted by Crippen LogP contribution is 2.44. The quantitative estimate of drug-likeness (QED) is 0.141. The van der Waals surface area contributed by atoms with Crippen molar-refractivity contribution in [3.8, 4) is 0 Å². The van der Waals surface area contributed by atoms with Crippen LogP contribution in [-0.2, 0) is 26.0 Å². The lowest BCUT2D eigenvalue weighted by Gasteiger charge is -2.19. The molecular weight excluding hydrogens is 669 g/mol. The molecule has 0 saturated heterocycles. The lowest BCUT2D eigenvalue weighted by atomic mass is 9.99. The number of hydrogen-bond acceptors (Lipinski definition) is 6. The van der Waals surface area contributed by atoms with Crippen LogP contribution in [-0.4, -0.2) is 39.9 Å². The van der Waals surface area contributed by atoms with Gasteiger partial charge in [0.1, 0.15) is 10.6 Å². The molecule has 3 aromatic carbocycles. The van der Waals surface area contributed by atoms with Crippen molar-refractivity contribution in [1.82, 2.24) is 5.48 Å².